The van der Waals surface area contributed by atoms with E-state index in [1.807, 2.05) is 6.92 Å². The third kappa shape index (κ3) is 18.0. The first kappa shape index (κ1) is 28.4. The molecule has 0 spiro atoms. The Morgan fingerprint density at radius 2 is 1.03 bits per heavy atom. The first-order valence-corrected chi connectivity index (χ1v) is 13.0. The molecule has 0 aliphatic carbocycles. The highest BCUT2D eigenvalue weighted by Crippen LogP contribution is 2.20. The Balaban J connectivity index is 3.54. The fraction of sp³-hybridized carbons (Fsp3) is 0.962. The zero-order chi connectivity index (χ0) is 21.6. The second kappa shape index (κ2) is 22.1. The molecular weight excluding hydrogens is 360 g/mol. The zero-order valence-electron chi connectivity index (χ0n) is 20.1. The van der Waals surface area contributed by atoms with Gasteiger partial charge in [0.15, 0.2) is 0 Å². The number of hydrogen-bond acceptors (Lipinski definition) is 3. The van der Waals surface area contributed by atoms with Crippen LogP contribution in [-0.4, -0.2) is 23.8 Å². The molecule has 2 unspecified atom stereocenters. The van der Waals surface area contributed by atoms with Crippen LogP contribution < -0.4 is 0 Å². The molecule has 0 rings (SSSR count). The molecule has 0 amide bonds. The first-order chi connectivity index (χ1) is 14.2. The lowest BCUT2D eigenvalue weighted by molar-refractivity contribution is -0.152. The van der Waals surface area contributed by atoms with Gasteiger partial charge in [0.05, 0.1) is 18.6 Å². The molecule has 29 heavy (non-hydrogen) atoms. The van der Waals surface area contributed by atoms with E-state index in [4.69, 9.17) is 4.74 Å². The number of aliphatic hydroxyl groups is 1. The smallest absolute Gasteiger partial charge is 0.311 e. The van der Waals surface area contributed by atoms with Crippen molar-refractivity contribution in [2.45, 2.75) is 149 Å². The highest BCUT2D eigenvalue weighted by Gasteiger charge is 2.26. The largest absolute Gasteiger partial charge is 0.466 e. The van der Waals surface area contributed by atoms with Crippen LogP contribution in [0.3, 0.4) is 0 Å². The number of carbonyl (C=O) groups is 1. The molecule has 0 aliphatic rings. The van der Waals surface area contributed by atoms with Crippen molar-refractivity contribution >= 4 is 5.97 Å². The van der Waals surface area contributed by atoms with Crippen molar-refractivity contribution in [1.82, 2.24) is 0 Å². The van der Waals surface area contributed by atoms with E-state index < -0.39 is 6.10 Å². The van der Waals surface area contributed by atoms with E-state index in [1.165, 1.54) is 83.5 Å². The molecule has 0 heterocycles. The molecule has 0 aromatic rings. The van der Waals surface area contributed by atoms with Gasteiger partial charge in [0.2, 0.25) is 0 Å². The first-order valence-electron chi connectivity index (χ1n) is 13.0. The summed E-state index contributed by atoms with van der Waals surface area (Å²) in [5.41, 5.74) is 0. The van der Waals surface area contributed by atoms with Crippen LogP contribution in [0.15, 0.2) is 0 Å². The summed E-state index contributed by atoms with van der Waals surface area (Å²) < 4.78 is 5.15. The zero-order valence-corrected chi connectivity index (χ0v) is 20.1. The predicted molar refractivity (Wildman–Crippen MR) is 125 cm³/mol. The molecule has 0 bridgehead atoms. The maximum Gasteiger partial charge on any atom is 0.311 e. The summed E-state index contributed by atoms with van der Waals surface area (Å²) >= 11 is 0. The average Bonchev–Trinajstić information content (AvgIpc) is 2.71. The van der Waals surface area contributed by atoms with Crippen molar-refractivity contribution in [3.8, 4) is 0 Å². The van der Waals surface area contributed by atoms with Crippen molar-refractivity contribution in [2.24, 2.45) is 5.92 Å². The van der Waals surface area contributed by atoms with Crippen LogP contribution in [0.4, 0.5) is 0 Å². The van der Waals surface area contributed by atoms with E-state index in [2.05, 4.69) is 13.8 Å². The van der Waals surface area contributed by atoms with E-state index in [-0.39, 0.29) is 11.9 Å². The number of hydrogen-bond donors (Lipinski definition) is 1. The van der Waals surface area contributed by atoms with Gasteiger partial charge in [0.1, 0.15) is 0 Å². The molecule has 0 saturated heterocycles. The number of unbranched alkanes of at least 4 members (excludes halogenated alkanes) is 15. The maximum atomic E-state index is 12.1. The summed E-state index contributed by atoms with van der Waals surface area (Å²) in [5, 5.41) is 10.4. The van der Waals surface area contributed by atoms with Crippen molar-refractivity contribution < 1.29 is 14.6 Å². The Morgan fingerprint density at radius 1 is 0.621 bits per heavy atom. The Hall–Kier alpha value is -0.570. The van der Waals surface area contributed by atoms with Crippen LogP contribution in [0.1, 0.15) is 143 Å². The molecular formula is C26H52O3. The quantitative estimate of drug-likeness (QED) is 0.145. The Bertz CT molecular complexity index is 343. The van der Waals surface area contributed by atoms with Gasteiger partial charge in [0, 0.05) is 0 Å². The summed E-state index contributed by atoms with van der Waals surface area (Å²) in [6, 6.07) is 0. The minimum absolute atomic E-state index is 0.214. The van der Waals surface area contributed by atoms with E-state index in [9.17, 15) is 9.90 Å². The lowest BCUT2D eigenvalue weighted by Crippen LogP contribution is -2.30. The predicted octanol–water partition coefficient (Wildman–Crippen LogP) is 7.98. The summed E-state index contributed by atoms with van der Waals surface area (Å²) in [6.45, 7) is 6.62. The highest BCUT2D eigenvalue weighted by atomic mass is 16.5. The molecule has 3 nitrogen and oxygen atoms in total. The Morgan fingerprint density at radius 3 is 1.45 bits per heavy atom. The number of carbonyl (C=O) groups excluding carboxylic acids is 1. The second-order valence-electron chi connectivity index (χ2n) is 8.81. The number of esters is 1. The van der Waals surface area contributed by atoms with Gasteiger partial charge in [-0.3, -0.25) is 4.79 Å². The molecule has 0 fully saturated rings. The normalized spacial score (nSPS) is 13.4. The lowest BCUT2D eigenvalue weighted by atomic mass is 9.92. The number of ether oxygens (including phenoxy) is 1. The van der Waals surface area contributed by atoms with Gasteiger partial charge in [-0.25, -0.2) is 0 Å². The fourth-order valence-corrected chi connectivity index (χ4v) is 4.07. The third-order valence-corrected chi connectivity index (χ3v) is 6.03. The number of rotatable bonds is 22. The number of aliphatic hydroxyl groups excluding tert-OH is 1. The Labute approximate surface area is 182 Å². The minimum atomic E-state index is -0.539. The molecule has 174 valence electrons. The van der Waals surface area contributed by atoms with Crippen LogP contribution in [0.2, 0.25) is 0 Å². The molecule has 0 radical (unpaired) electrons. The van der Waals surface area contributed by atoms with Gasteiger partial charge >= 0.3 is 5.97 Å². The third-order valence-electron chi connectivity index (χ3n) is 6.03. The van der Waals surface area contributed by atoms with E-state index in [0.29, 0.717) is 6.61 Å². The van der Waals surface area contributed by atoms with Crippen LogP contribution in [0, 0.1) is 5.92 Å². The summed E-state index contributed by atoms with van der Waals surface area (Å²) in [7, 11) is 0. The summed E-state index contributed by atoms with van der Waals surface area (Å²) in [5.74, 6) is -0.545. The average molecular weight is 413 g/mol. The van der Waals surface area contributed by atoms with Crippen molar-refractivity contribution in [3.63, 3.8) is 0 Å². The van der Waals surface area contributed by atoms with Gasteiger partial charge in [-0.1, -0.05) is 123 Å². The van der Waals surface area contributed by atoms with Crippen LogP contribution in [0.5, 0.6) is 0 Å². The summed E-state index contributed by atoms with van der Waals surface area (Å²) in [6.07, 6.45) is 23.1. The molecule has 2 atom stereocenters. The van der Waals surface area contributed by atoms with Crippen LogP contribution in [-0.2, 0) is 9.53 Å². The molecule has 0 aromatic carbocycles. The van der Waals surface area contributed by atoms with Crippen molar-refractivity contribution in [2.75, 3.05) is 6.61 Å². The molecule has 0 aromatic heterocycles. The van der Waals surface area contributed by atoms with Gasteiger partial charge in [-0.15, -0.1) is 0 Å². The standard InChI is InChI=1S/C26H52O3/c1-4-7-9-10-11-12-13-14-15-16-17-18-19-20-21-23-25(27)24(22-8-5-2)26(28)29-6-3/h24-25,27H,4-23H2,1-3H3. The topological polar surface area (TPSA) is 46.5 Å². The molecule has 3 heteroatoms. The maximum absolute atomic E-state index is 12.1. The van der Waals surface area contributed by atoms with E-state index >= 15 is 0 Å². The van der Waals surface area contributed by atoms with Gasteiger partial charge < -0.3 is 9.84 Å². The van der Waals surface area contributed by atoms with Gasteiger partial charge in [-0.2, -0.15) is 0 Å². The molecule has 0 saturated carbocycles. The van der Waals surface area contributed by atoms with Gasteiger partial charge in [-0.05, 0) is 19.8 Å². The minimum Gasteiger partial charge on any atom is -0.466 e. The van der Waals surface area contributed by atoms with Gasteiger partial charge in [0.25, 0.3) is 0 Å². The second-order valence-corrected chi connectivity index (χ2v) is 8.81. The lowest BCUT2D eigenvalue weighted by Gasteiger charge is -2.21. The monoisotopic (exact) mass is 412 g/mol. The molecule has 1 N–H and O–H groups in total. The fourth-order valence-electron chi connectivity index (χ4n) is 4.07. The highest BCUT2D eigenvalue weighted by molar-refractivity contribution is 5.73. The van der Waals surface area contributed by atoms with Crippen LogP contribution >= 0.6 is 0 Å². The van der Waals surface area contributed by atoms with Crippen molar-refractivity contribution in [3.05, 3.63) is 0 Å². The molecule has 0 aliphatic heterocycles. The Kier molecular flexibility index (Phi) is 21.7. The SMILES string of the molecule is CCCCCCCCCCCCCCCCCC(O)C(CCCC)C(=O)OCC. The van der Waals surface area contributed by atoms with Crippen molar-refractivity contribution in [1.29, 1.82) is 0 Å². The summed E-state index contributed by atoms with van der Waals surface area (Å²) in [4.78, 5) is 12.1. The van der Waals surface area contributed by atoms with Crippen LogP contribution in [0.25, 0.3) is 0 Å². The van der Waals surface area contributed by atoms with E-state index in [0.717, 1.165) is 38.5 Å². The van der Waals surface area contributed by atoms with E-state index in [1.54, 1.807) is 0 Å².